The molecule has 1 aromatic carbocycles. The van der Waals surface area contributed by atoms with Crippen LogP contribution < -0.4 is 5.56 Å². The van der Waals surface area contributed by atoms with E-state index in [0.29, 0.717) is 11.9 Å². The Labute approximate surface area is 159 Å². The maximum Gasteiger partial charge on any atom is 0.259 e. The quantitative estimate of drug-likeness (QED) is 0.525. The number of thiophene rings is 2. The molecule has 0 bridgehead atoms. The molecule has 0 saturated heterocycles. The lowest BCUT2D eigenvalue weighted by Gasteiger charge is -2.18. The van der Waals surface area contributed by atoms with Crippen molar-refractivity contribution in [1.82, 2.24) is 14.9 Å². The predicted molar refractivity (Wildman–Crippen MR) is 110 cm³/mol. The molecule has 0 atom stereocenters. The highest BCUT2D eigenvalue weighted by Gasteiger charge is 2.12. The second-order valence-corrected chi connectivity index (χ2v) is 8.15. The van der Waals surface area contributed by atoms with Crippen molar-refractivity contribution >= 4 is 32.9 Å². The van der Waals surface area contributed by atoms with Crippen molar-refractivity contribution in [2.75, 3.05) is 6.54 Å². The number of hydrogen-bond donors (Lipinski definition) is 1. The van der Waals surface area contributed by atoms with Gasteiger partial charge in [-0.1, -0.05) is 43.3 Å². The Morgan fingerprint density at radius 2 is 1.96 bits per heavy atom. The van der Waals surface area contributed by atoms with Gasteiger partial charge in [0, 0.05) is 16.3 Å². The largest absolute Gasteiger partial charge is 0.309 e. The smallest absolute Gasteiger partial charge is 0.259 e. The van der Waals surface area contributed by atoms with Crippen LogP contribution in [0, 0.1) is 0 Å². The summed E-state index contributed by atoms with van der Waals surface area (Å²) in [6.45, 7) is 4.54. The molecular formula is C20H19N3OS2. The number of hydrogen-bond acceptors (Lipinski definition) is 5. The van der Waals surface area contributed by atoms with Crippen molar-refractivity contribution < 1.29 is 0 Å². The molecule has 26 heavy (non-hydrogen) atoms. The van der Waals surface area contributed by atoms with Gasteiger partial charge in [-0.15, -0.1) is 22.7 Å². The summed E-state index contributed by atoms with van der Waals surface area (Å²) in [6.07, 6.45) is 0. The lowest BCUT2D eigenvalue weighted by atomic mass is 10.2. The van der Waals surface area contributed by atoms with Gasteiger partial charge in [-0.3, -0.25) is 9.69 Å². The van der Waals surface area contributed by atoms with Gasteiger partial charge in [0.25, 0.3) is 5.56 Å². The summed E-state index contributed by atoms with van der Waals surface area (Å²) >= 11 is 3.32. The molecule has 132 valence electrons. The van der Waals surface area contributed by atoms with E-state index in [0.717, 1.165) is 34.2 Å². The summed E-state index contributed by atoms with van der Waals surface area (Å²) in [7, 11) is 0. The van der Waals surface area contributed by atoms with Crippen LogP contribution in [-0.2, 0) is 13.1 Å². The first-order chi connectivity index (χ1) is 12.7. The van der Waals surface area contributed by atoms with Gasteiger partial charge >= 0.3 is 0 Å². The van der Waals surface area contributed by atoms with Crippen LogP contribution >= 0.6 is 22.7 Å². The second kappa shape index (κ2) is 7.53. The van der Waals surface area contributed by atoms with E-state index < -0.39 is 0 Å². The van der Waals surface area contributed by atoms with Gasteiger partial charge in [0.1, 0.15) is 10.7 Å². The predicted octanol–water partition coefficient (Wildman–Crippen LogP) is 4.74. The molecule has 0 radical (unpaired) electrons. The zero-order valence-electron chi connectivity index (χ0n) is 14.4. The highest BCUT2D eigenvalue weighted by Crippen LogP contribution is 2.30. The topological polar surface area (TPSA) is 49.0 Å². The molecule has 6 heteroatoms. The molecule has 0 spiro atoms. The number of benzene rings is 1. The SMILES string of the molecule is CCN(Cc1nc2sc(-c3ccccc3)cc2c(=O)[nH]1)Cc1cccs1. The third kappa shape index (κ3) is 3.62. The molecule has 0 fully saturated rings. The average Bonchev–Trinajstić information content (AvgIpc) is 3.31. The highest BCUT2D eigenvalue weighted by atomic mass is 32.1. The maximum absolute atomic E-state index is 12.5. The van der Waals surface area contributed by atoms with Gasteiger partial charge in [0.2, 0.25) is 0 Å². The van der Waals surface area contributed by atoms with E-state index in [2.05, 4.69) is 46.5 Å². The van der Waals surface area contributed by atoms with Crippen LogP contribution in [0.5, 0.6) is 0 Å². The van der Waals surface area contributed by atoms with Gasteiger partial charge in [-0.25, -0.2) is 4.98 Å². The molecule has 0 aliphatic rings. The number of nitrogens with zero attached hydrogens (tertiary/aromatic N) is 2. The Hall–Kier alpha value is -2.28. The Bertz CT molecular complexity index is 1050. The number of aromatic amines is 1. The molecule has 4 nitrogen and oxygen atoms in total. The fourth-order valence-electron chi connectivity index (χ4n) is 2.91. The van der Waals surface area contributed by atoms with Crippen molar-refractivity contribution in [3.8, 4) is 10.4 Å². The van der Waals surface area contributed by atoms with Crippen molar-refractivity contribution in [2.24, 2.45) is 0 Å². The summed E-state index contributed by atoms with van der Waals surface area (Å²) in [5.41, 5.74) is 1.06. The Morgan fingerprint density at radius 3 is 2.69 bits per heavy atom. The number of rotatable bonds is 6. The van der Waals surface area contributed by atoms with Crippen LogP contribution in [0.15, 0.2) is 58.7 Å². The number of H-pyrrole nitrogens is 1. The summed E-state index contributed by atoms with van der Waals surface area (Å²) < 4.78 is 0. The molecule has 0 aliphatic heterocycles. The molecule has 4 rings (SSSR count). The van der Waals surface area contributed by atoms with E-state index in [1.54, 1.807) is 22.7 Å². The third-order valence-corrected chi connectivity index (χ3v) is 6.23. The van der Waals surface area contributed by atoms with Crippen LogP contribution in [0.4, 0.5) is 0 Å². The van der Waals surface area contributed by atoms with Gasteiger partial charge < -0.3 is 4.98 Å². The monoisotopic (exact) mass is 381 g/mol. The zero-order chi connectivity index (χ0) is 17.9. The van der Waals surface area contributed by atoms with Gasteiger partial charge in [0.15, 0.2) is 0 Å². The molecular weight excluding hydrogens is 362 g/mol. The molecule has 4 aromatic rings. The van der Waals surface area contributed by atoms with Crippen LogP contribution in [0.25, 0.3) is 20.7 Å². The highest BCUT2D eigenvalue weighted by molar-refractivity contribution is 7.21. The molecule has 0 aliphatic carbocycles. The first-order valence-electron chi connectivity index (χ1n) is 8.56. The molecule has 1 N–H and O–H groups in total. The first-order valence-corrected chi connectivity index (χ1v) is 10.3. The minimum atomic E-state index is -0.0596. The van der Waals surface area contributed by atoms with Crippen LogP contribution in [0.2, 0.25) is 0 Å². The lowest BCUT2D eigenvalue weighted by Crippen LogP contribution is -2.24. The van der Waals surface area contributed by atoms with E-state index in [4.69, 9.17) is 4.98 Å². The minimum Gasteiger partial charge on any atom is -0.309 e. The van der Waals surface area contributed by atoms with Crippen molar-refractivity contribution in [1.29, 1.82) is 0 Å². The van der Waals surface area contributed by atoms with Crippen molar-refractivity contribution in [2.45, 2.75) is 20.0 Å². The standard InChI is InChI=1S/C20H19N3OS2/c1-2-23(12-15-9-6-10-25-15)13-18-21-19(24)16-11-17(26-20(16)22-18)14-7-4-3-5-8-14/h3-11H,2,12-13H2,1H3,(H,21,22,24). The number of aromatic nitrogens is 2. The molecule has 0 unspecified atom stereocenters. The normalized spacial score (nSPS) is 11.5. The fraction of sp³-hybridized carbons (Fsp3) is 0.200. The summed E-state index contributed by atoms with van der Waals surface area (Å²) in [6, 6.07) is 16.3. The van der Waals surface area contributed by atoms with E-state index in [-0.39, 0.29) is 5.56 Å². The van der Waals surface area contributed by atoms with Crippen LogP contribution in [-0.4, -0.2) is 21.4 Å². The Balaban J connectivity index is 1.63. The Morgan fingerprint density at radius 1 is 1.12 bits per heavy atom. The average molecular weight is 382 g/mol. The number of nitrogens with one attached hydrogen (secondary N) is 1. The fourth-order valence-corrected chi connectivity index (χ4v) is 4.71. The Kier molecular flexibility index (Phi) is 4.97. The van der Waals surface area contributed by atoms with E-state index in [1.807, 2.05) is 24.3 Å². The van der Waals surface area contributed by atoms with E-state index >= 15 is 0 Å². The van der Waals surface area contributed by atoms with E-state index in [9.17, 15) is 4.79 Å². The minimum absolute atomic E-state index is 0.0596. The summed E-state index contributed by atoms with van der Waals surface area (Å²) in [5.74, 6) is 0.724. The molecule has 0 amide bonds. The van der Waals surface area contributed by atoms with Crippen molar-refractivity contribution in [3.63, 3.8) is 0 Å². The van der Waals surface area contributed by atoms with Crippen molar-refractivity contribution in [3.05, 3.63) is 75.0 Å². The van der Waals surface area contributed by atoms with Gasteiger partial charge in [-0.05, 0) is 29.6 Å². The maximum atomic E-state index is 12.5. The van der Waals surface area contributed by atoms with Crippen LogP contribution in [0.3, 0.4) is 0 Å². The first kappa shape index (κ1) is 17.1. The van der Waals surface area contributed by atoms with Gasteiger partial charge in [0.05, 0.1) is 11.9 Å². The molecule has 3 aromatic heterocycles. The summed E-state index contributed by atoms with van der Waals surface area (Å²) in [4.78, 5) is 25.7. The molecule has 3 heterocycles. The zero-order valence-corrected chi connectivity index (χ0v) is 16.1. The van der Waals surface area contributed by atoms with Crippen LogP contribution in [0.1, 0.15) is 17.6 Å². The summed E-state index contributed by atoms with van der Waals surface area (Å²) in [5, 5.41) is 2.76. The molecule has 0 saturated carbocycles. The van der Waals surface area contributed by atoms with E-state index in [1.165, 1.54) is 4.88 Å². The second-order valence-electron chi connectivity index (χ2n) is 6.09. The van der Waals surface area contributed by atoms with Gasteiger partial charge in [-0.2, -0.15) is 0 Å². The third-order valence-electron chi connectivity index (χ3n) is 4.29. The number of fused-ring (bicyclic) bond motifs is 1. The lowest BCUT2D eigenvalue weighted by molar-refractivity contribution is 0.267.